The van der Waals surface area contributed by atoms with Crippen LogP contribution < -0.4 is 4.74 Å². The van der Waals surface area contributed by atoms with Crippen molar-refractivity contribution in [3.05, 3.63) is 42.0 Å². The Morgan fingerprint density at radius 3 is 2.50 bits per heavy atom. The molecule has 0 bridgehead atoms. The molecular formula is C19H24O. The highest BCUT2D eigenvalue weighted by atomic mass is 16.5. The summed E-state index contributed by atoms with van der Waals surface area (Å²) in [6.45, 7) is 3.02. The normalized spacial score (nSPS) is 16.4. The van der Waals surface area contributed by atoms with Gasteiger partial charge in [0, 0.05) is 5.39 Å². The first-order chi connectivity index (χ1) is 9.84. The third-order valence-corrected chi connectivity index (χ3v) is 4.61. The fourth-order valence-corrected chi connectivity index (χ4v) is 3.36. The summed E-state index contributed by atoms with van der Waals surface area (Å²) in [7, 11) is 0. The van der Waals surface area contributed by atoms with Crippen molar-refractivity contribution in [1.29, 1.82) is 0 Å². The van der Waals surface area contributed by atoms with Gasteiger partial charge < -0.3 is 4.74 Å². The number of hydrogen-bond acceptors (Lipinski definition) is 1. The molecule has 1 fully saturated rings. The van der Waals surface area contributed by atoms with Crippen LogP contribution >= 0.6 is 0 Å². The Hall–Kier alpha value is -1.50. The predicted molar refractivity (Wildman–Crippen MR) is 85.4 cm³/mol. The molecule has 0 aliphatic heterocycles. The number of ether oxygens (including phenoxy) is 1. The van der Waals surface area contributed by atoms with E-state index in [4.69, 9.17) is 4.74 Å². The molecule has 0 spiro atoms. The Balaban J connectivity index is 1.67. The second-order valence-corrected chi connectivity index (χ2v) is 6.07. The summed E-state index contributed by atoms with van der Waals surface area (Å²) in [5.74, 6) is 1.93. The quantitative estimate of drug-likeness (QED) is 0.711. The van der Waals surface area contributed by atoms with Crippen LogP contribution in [0.5, 0.6) is 5.75 Å². The van der Waals surface area contributed by atoms with Crippen LogP contribution in [0.1, 0.15) is 44.1 Å². The van der Waals surface area contributed by atoms with Crippen molar-refractivity contribution >= 4 is 10.8 Å². The van der Waals surface area contributed by atoms with Crippen molar-refractivity contribution in [2.45, 2.75) is 45.4 Å². The molecule has 0 N–H and O–H groups in total. The van der Waals surface area contributed by atoms with Crippen LogP contribution in [0.2, 0.25) is 0 Å². The standard InChI is InChI=1S/C19H24O/c1-15-11-12-19(18-10-6-5-9-17(15)18)20-14-13-16-7-3-2-4-8-16/h5-6,9-12,16H,2-4,7-8,13-14H2,1H3. The summed E-state index contributed by atoms with van der Waals surface area (Å²) in [5, 5.41) is 2.55. The van der Waals surface area contributed by atoms with E-state index in [1.165, 1.54) is 54.9 Å². The molecular weight excluding hydrogens is 244 g/mol. The third-order valence-electron chi connectivity index (χ3n) is 4.61. The van der Waals surface area contributed by atoms with Gasteiger partial charge in [-0.1, -0.05) is 62.4 Å². The van der Waals surface area contributed by atoms with E-state index in [1.54, 1.807) is 0 Å². The minimum atomic E-state index is 0.859. The lowest BCUT2D eigenvalue weighted by Gasteiger charge is -2.21. The summed E-state index contributed by atoms with van der Waals surface area (Å²) in [5.41, 5.74) is 1.32. The lowest BCUT2D eigenvalue weighted by atomic mass is 9.87. The molecule has 0 heterocycles. The monoisotopic (exact) mass is 268 g/mol. The van der Waals surface area contributed by atoms with E-state index in [-0.39, 0.29) is 0 Å². The smallest absolute Gasteiger partial charge is 0.127 e. The van der Waals surface area contributed by atoms with Gasteiger partial charge in [0.2, 0.25) is 0 Å². The SMILES string of the molecule is Cc1ccc(OCCC2CCCCC2)c2ccccc12. The van der Waals surface area contributed by atoms with E-state index in [9.17, 15) is 0 Å². The zero-order chi connectivity index (χ0) is 13.8. The van der Waals surface area contributed by atoms with Gasteiger partial charge in [-0.25, -0.2) is 0 Å². The predicted octanol–water partition coefficient (Wildman–Crippen LogP) is 5.50. The highest BCUT2D eigenvalue weighted by Gasteiger charge is 2.13. The number of fused-ring (bicyclic) bond motifs is 1. The number of benzene rings is 2. The molecule has 0 atom stereocenters. The molecule has 1 saturated carbocycles. The van der Waals surface area contributed by atoms with Gasteiger partial charge in [0.15, 0.2) is 0 Å². The molecule has 1 nitrogen and oxygen atoms in total. The summed E-state index contributed by atoms with van der Waals surface area (Å²) in [4.78, 5) is 0. The molecule has 0 radical (unpaired) electrons. The number of aryl methyl sites for hydroxylation is 1. The maximum Gasteiger partial charge on any atom is 0.127 e. The Morgan fingerprint density at radius 2 is 1.70 bits per heavy atom. The van der Waals surface area contributed by atoms with Crippen molar-refractivity contribution in [1.82, 2.24) is 0 Å². The van der Waals surface area contributed by atoms with Gasteiger partial charge in [0.1, 0.15) is 5.75 Å². The molecule has 0 unspecified atom stereocenters. The van der Waals surface area contributed by atoms with E-state index in [0.717, 1.165) is 18.3 Å². The first-order valence-corrected chi connectivity index (χ1v) is 7.96. The fraction of sp³-hybridized carbons (Fsp3) is 0.474. The highest BCUT2D eigenvalue weighted by Crippen LogP contribution is 2.30. The molecule has 3 rings (SSSR count). The summed E-state index contributed by atoms with van der Waals surface area (Å²) < 4.78 is 6.08. The largest absolute Gasteiger partial charge is 0.493 e. The van der Waals surface area contributed by atoms with Gasteiger partial charge >= 0.3 is 0 Å². The Morgan fingerprint density at radius 1 is 0.950 bits per heavy atom. The molecule has 1 aliphatic carbocycles. The highest BCUT2D eigenvalue weighted by molar-refractivity contribution is 5.90. The molecule has 1 aliphatic rings. The van der Waals surface area contributed by atoms with Gasteiger partial charge in [-0.15, -0.1) is 0 Å². The Labute approximate surface area is 122 Å². The van der Waals surface area contributed by atoms with Crippen molar-refractivity contribution in [2.75, 3.05) is 6.61 Å². The van der Waals surface area contributed by atoms with E-state index in [0.29, 0.717) is 0 Å². The van der Waals surface area contributed by atoms with Gasteiger partial charge in [-0.05, 0) is 36.3 Å². The molecule has 20 heavy (non-hydrogen) atoms. The molecule has 106 valence electrons. The number of hydrogen-bond donors (Lipinski definition) is 0. The minimum absolute atomic E-state index is 0.859. The van der Waals surface area contributed by atoms with Crippen LogP contribution in [0.4, 0.5) is 0 Å². The molecule has 0 saturated heterocycles. The maximum absolute atomic E-state index is 6.08. The van der Waals surface area contributed by atoms with Crippen LogP contribution in [0.25, 0.3) is 10.8 Å². The van der Waals surface area contributed by atoms with Gasteiger partial charge in [0.05, 0.1) is 6.61 Å². The van der Waals surface area contributed by atoms with Crippen LogP contribution in [0.15, 0.2) is 36.4 Å². The van der Waals surface area contributed by atoms with Gasteiger partial charge in [-0.3, -0.25) is 0 Å². The van der Waals surface area contributed by atoms with Crippen molar-refractivity contribution in [3.63, 3.8) is 0 Å². The van der Waals surface area contributed by atoms with Crippen molar-refractivity contribution < 1.29 is 4.74 Å². The fourth-order valence-electron chi connectivity index (χ4n) is 3.36. The third kappa shape index (κ3) is 2.98. The van der Waals surface area contributed by atoms with Gasteiger partial charge in [-0.2, -0.15) is 0 Å². The first-order valence-electron chi connectivity index (χ1n) is 7.96. The van der Waals surface area contributed by atoms with Crippen molar-refractivity contribution in [2.24, 2.45) is 5.92 Å². The number of rotatable bonds is 4. The Kier molecular flexibility index (Phi) is 4.25. The van der Waals surface area contributed by atoms with E-state index in [1.807, 2.05) is 0 Å². The topological polar surface area (TPSA) is 9.23 Å². The Bertz CT molecular complexity index is 567. The average Bonchev–Trinajstić information content (AvgIpc) is 2.51. The summed E-state index contributed by atoms with van der Waals surface area (Å²) in [6, 6.07) is 12.8. The zero-order valence-corrected chi connectivity index (χ0v) is 12.4. The summed E-state index contributed by atoms with van der Waals surface area (Å²) in [6.07, 6.45) is 8.27. The molecule has 1 heteroatoms. The summed E-state index contributed by atoms with van der Waals surface area (Å²) >= 11 is 0. The van der Waals surface area contributed by atoms with Crippen LogP contribution in [0.3, 0.4) is 0 Å². The second kappa shape index (κ2) is 6.30. The van der Waals surface area contributed by atoms with Crippen molar-refractivity contribution in [3.8, 4) is 5.75 Å². The lowest BCUT2D eigenvalue weighted by Crippen LogP contribution is -2.10. The average molecular weight is 268 g/mol. The lowest BCUT2D eigenvalue weighted by molar-refractivity contribution is 0.248. The van der Waals surface area contributed by atoms with Gasteiger partial charge in [0.25, 0.3) is 0 Å². The van der Waals surface area contributed by atoms with E-state index < -0.39 is 0 Å². The molecule has 2 aromatic carbocycles. The van der Waals surface area contributed by atoms with E-state index in [2.05, 4.69) is 43.3 Å². The second-order valence-electron chi connectivity index (χ2n) is 6.07. The van der Waals surface area contributed by atoms with Crippen LogP contribution in [-0.4, -0.2) is 6.61 Å². The minimum Gasteiger partial charge on any atom is -0.493 e. The van der Waals surface area contributed by atoms with Crippen LogP contribution in [-0.2, 0) is 0 Å². The molecule has 0 amide bonds. The zero-order valence-electron chi connectivity index (χ0n) is 12.4. The van der Waals surface area contributed by atoms with Crippen LogP contribution in [0, 0.1) is 12.8 Å². The maximum atomic E-state index is 6.08. The van der Waals surface area contributed by atoms with E-state index >= 15 is 0 Å². The molecule has 0 aromatic heterocycles. The first kappa shape index (κ1) is 13.5. The molecule has 2 aromatic rings.